The number of ether oxygens (including phenoxy) is 1. The van der Waals surface area contributed by atoms with Crippen LogP contribution in [0.5, 0.6) is 5.75 Å². The fourth-order valence-electron chi connectivity index (χ4n) is 2.77. The van der Waals surface area contributed by atoms with Crippen LogP contribution in [-0.4, -0.2) is 16.7 Å². The second kappa shape index (κ2) is 6.06. The van der Waals surface area contributed by atoms with Gasteiger partial charge in [-0.3, -0.25) is 4.98 Å². The molecule has 3 rings (SSSR count). The van der Waals surface area contributed by atoms with Crippen molar-refractivity contribution >= 4 is 0 Å². The lowest BCUT2D eigenvalue weighted by atomic mass is 9.92. The van der Waals surface area contributed by atoms with Crippen molar-refractivity contribution in [2.24, 2.45) is 5.92 Å². The fraction of sp³-hybridized carbons (Fsp3) is 0.353. The molecule has 0 amide bonds. The van der Waals surface area contributed by atoms with E-state index < -0.39 is 0 Å². The third-order valence-electron chi connectivity index (χ3n) is 3.83. The highest BCUT2D eigenvalue weighted by atomic mass is 16.5. The minimum atomic E-state index is 0.0755. The Hall–Kier alpha value is -1.87. The lowest BCUT2D eigenvalue weighted by Gasteiger charge is -2.13. The minimum Gasteiger partial charge on any atom is -0.493 e. The van der Waals surface area contributed by atoms with E-state index in [-0.39, 0.29) is 6.61 Å². The second-order valence-corrected chi connectivity index (χ2v) is 5.33. The molecule has 3 nitrogen and oxygen atoms in total. The van der Waals surface area contributed by atoms with Gasteiger partial charge in [0.1, 0.15) is 5.75 Å². The molecule has 0 bridgehead atoms. The molecule has 1 aliphatic heterocycles. The lowest BCUT2D eigenvalue weighted by Crippen LogP contribution is -2.10. The topological polar surface area (TPSA) is 42.4 Å². The van der Waals surface area contributed by atoms with E-state index in [0.717, 1.165) is 42.9 Å². The Kier molecular flexibility index (Phi) is 3.97. The maximum absolute atomic E-state index is 9.20. The summed E-state index contributed by atoms with van der Waals surface area (Å²) in [6, 6.07) is 12.1. The van der Waals surface area contributed by atoms with Gasteiger partial charge in [-0.05, 0) is 54.5 Å². The first-order valence-electron chi connectivity index (χ1n) is 7.10. The monoisotopic (exact) mass is 269 g/mol. The van der Waals surface area contributed by atoms with Gasteiger partial charge in [0.05, 0.1) is 13.2 Å². The molecule has 2 aromatic rings. The quantitative estimate of drug-likeness (QED) is 0.931. The van der Waals surface area contributed by atoms with E-state index in [1.165, 1.54) is 5.56 Å². The standard InChI is InChI=1S/C17H19NO2/c19-12-14-5-7-18-16(11-14)10-13-6-8-20-17-4-2-1-3-15(17)9-13/h1-5,7,11,13,19H,6,8-10,12H2. The highest BCUT2D eigenvalue weighted by molar-refractivity contribution is 5.34. The maximum atomic E-state index is 9.20. The van der Waals surface area contributed by atoms with E-state index >= 15 is 0 Å². The second-order valence-electron chi connectivity index (χ2n) is 5.33. The summed E-state index contributed by atoms with van der Waals surface area (Å²) in [6.45, 7) is 0.841. The number of hydrogen-bond donors (Lipinski definition) is 1. The van der Waals surface area contributed by atoms with Crippen molar-refractivity contribution in [3.63, 3.8) is 0 Å². The number of hydrogen-bond acceptors (Lipinski definition) is 3. The van der Waals surface area contributed by atoms with E-state index in [9.17, 15) is 5.11 Å². The Morgan fingerprint density at radius 2 is 2.15 bits per heavy atom. The van der Waals surface area contributed by atoms with E-state index in [4.69, 9.17) is 4.74 Å². The number of benzene rings is 1. The van der Waals surface area contributed by atoms with Gasteiger partial charge in [0, 0.05) is 11.9 Å². The fourth-order valence-corrected chi connectivity index (χ4v) is 2.77. The zero-order chi connectivity index (χ0) is 13.8. The van der Waals surface area contributed by atoms with Gasteiger partial charge >= 0.3 is 0 Å². The van der Waals surface area contributed by atoms with Crippen LogP contribution in [0.1, 0.15) is 23.2 Å². The molecule has 1 atom stereocenters. The Morgan fingerprint density at radius 1 is 1.25 bits per heavy atom. The Balaban J connectivity index is 1.74. The summed E-state index contributed by atoms with van der Waals surface area (Å²) in [5.41, 5.74) is 3.27. The Morgan fingerprint density at radius 3 is 3.05 bits per heavy atom. The molecular weight excluding hydrogens is 250 g/mol. The summed E-state index contributed by atoms with van der Waals surface area (Å²) >= 11 is 0. The van der Waals surface area contributed by atoms with Crippen molar-refractivity contribution in [2.75, 3.05) is 6.61 Å². The normalized spacial score (nSPS) is 17.9. The van der Waals surface area contributed by atoms with Crippen molar-refractivity contribution < 1.29 is 9.84 Å². The smallest absolute Gasteiger partial charge is 0.122 e. The first-order valence-corrected chi connectivity index (χ1v) is 7.10. The van der Waals surface area contributed by atoms with Gasteiger partial charge in [0.25, 0.3) is 0 Å². The molecule has 20 heavy (non-hydrogen) atoms. The van der Waals surface area contributed by atoms with Crippen molar-refractivity contribution in [2.45, 2.75) is 25.9 Å². The molecule has 3 heteroatoms. The third kappa shape index (κ3) is 2.99. The maximum Gasteiger partial charge on any atom is 0.122 e. The largest absolute Gasteiger partial charge is 0.493 e. The summed E-state index contributed by atoms with van der Waals surface area (Å²) in [5.74, 6) is 1.56. The predicted octanol–water partition coefficient (Wildman–Crippen LogP) is 2.76. The molecule has 0 spiro atoms. The number of nitrogens with zero attached hydrogens (tertiary/aromatic N) is 1. The van der Waals surface area contributed by atoms with Gasteiger partial charge in [0.15, 0.2) is 0 Å². The molecular formula is C17H19NO2. The van der Waals surface area contributed by atoms with Crippen LogP contribution in [0.2, 0.25) is 0 Å². The van der Waals surface area contributed by atoms with Gasteiger partial charge < -0.3 is 9.84 Å². The van der Waals surface area contributed by atoms with Gasteiger partial charge in [-0.2, -0.15) is 0 Å². The number of pyridine rings is 1. The predicted molar refractivity (Wildman–Crippen MR) is 77.6 cm³/mol. The average Bonchev–Trinajstić information content (AvgIpc) is 2.69. The molecule has 2 heterocycles. The van der Waals surface area contributed by atoms with E-state index in [1.54, 1.807) is 6.20 Å². The Labute approximate surface area is 119 Å². The Bertz CT molecular complexity index is 583. The van der Waals surface area contributed by atoms with Crippen LogP contribution >= 0.6 is 0 Å². The zero-order valence-electron chi connectivity index (χ0n) is 11.5. The first-order chi connectivity index (χ1) is 9.85. The van der Waals surface area contributed by atoms with E-state index in [1.807, 2.05) is 24.3 Å². The molecule has 1 aliphatic rings. The van der Waals surface area contributed by atoms with Crippen LogP contribution in [-0.2, 0) is 19.4 Å². The number of fused-ring (bicyclic) bond motifs is 1. The number of aliphatic hydroxyl groups excluding tert-OH is 1. The minimum absolute atomic E-state index is 0.0755. The summed E-state index contributed by atoms with van der Waals surface area (Å²) in [4.78, 5) is 4.42. The lowest BCUT2D eigenvalue weighted by molar-refractivity contribution is 0.281. The summed E-state index contributed by atoms with van der Waals surface area (Å²) in [6.07, 6.45) is 4.79. The van der Waals surface area contributed by atoms with E-state index in [2.05, 4.69) is 17.1 Å². The van der Waals surface area contributed by atoms with Crippen LogP contribution in [0.4, 0.5) is 0 Å². The number of aromatic nitrogens is 1. The first kappa shape index (κ1) is 13.1. The van der Waals surface area contributed by atoms with Crippen molar-refractivity contribution in [3.05, 3.63) is 59.4 Å². The van der Waals surface area contributed by atoms with Gasteiger partial charge in [-0.25, -0.2) is 0 Å². The van der Waals surface area contributed by atoms with Crippen LogP contribution in [0.25, 0.3) is 0 Å². The van der Waals surface area contributed by atoms with Crippen molar-refractivity contribution in [3.8, 4) is 5.75 Å². The molecule has 104 valence electrons. The average molecular weight is 269 g/mol. The van der Waals surface area contributed by atoms with Crippen LogP contribution in [0.3, 0.4) is 0 Å². The van der Waals surface area contributed by atoms with Crippen LogP contribution in [0.15, 0.2) is 42.6 Å². The molecule has 1 unspecified atom stereocenters. The molecule has 1 aromatic carbocycles. The van der Waals surface area contributed by atoms with Crippen LogP contribution < -0.4 is 4.74 Å². The third-order valence-corrected chi connectivity index (χ3v) is 3.83. The molecule has 0 radical (unpaired) electrons. The molecule has 1 aromatic heterocycles. The molecule has 1 N–H and O–H groups in total. The van der Waals surface area contributed by atoms with Gasteiger partial charge in [-0.15, -0.1) is 0 Å². The van der Waals surface area contributed by atoms with Gasteiger partial charge in [0.2, 0.25) is 0 Å². The molecule has 0 saturated carbocycles. The number of para-hydroxylation sites is 1. The highest BCUT2D eigenvalue weighted by Gasteiger charge is 2.18. The molecule has 0 saturated heterocycles. The van der Waals surface area contributed by atoms with Crippen molar-refractivity contribution in [1.29, 1.82) is 0 Å². The molecule has 0 aliphatic carbocycles. The van der Waals surface area contributed by atoms with E-state index in [0.29, 0.717) is 5.92 Å². The highest BCUT2D eigenvalue weighted by Crippen LogP contribution is 2.28. The molecule has 0 fully saturated rings. The van der Waals surface area contributed by atoms with Gasteiger partial charge in [-0.1, -0.05) is 18.2 Å². The SMILES string of the molecule is OCc1ccnc(CC2CCOc3ccccc3C2)c1. The summed E-state index contributed by atoms with van der Waals surface area (Å²) < 4.78 is 5.80. The summed E-state index contributed by atoms with van der Waals surface area (Å²) in [5, 5.41) is 9.20. The summed E-state index contributed by atoms with van der Waals surface area (Å²) in [7, 11) is 0. The number of rotatable bonds is 3. The van der Waals surface area contributed by atoms with Crippen LogP contribution in [0, 0.1) is 5.92 Å². The zero-order valence-corrected chi connectivity index (χ0v) is 11.5. The number of aliphatic hydroxyl groups is 1. The van der Waals surface area contributed by atoms with Crippen molar-refractivity contribution in [1.82, 2.24) is 4.98 Å².